The zero-order valence-corrected chi connectivity index (χ0v) is 7.27. The van der Waals surface area contributed by atoms with Gasteiger partial charge < -0.3 is 5.73 Å². The summed E-state index contributed by atoms with van der Waals surface area (Å²) in [6.45, 7) is 0. The highest BCUT2D eigenvalue weighted by atomic mass is 16.1. The summed E-state index contributed by atoms with van der Waals surface area (Å²) in [7, 11) is 0. The van der Waals surface area contributed by atoms with E-state index >= 15 is 0 Å². The van der Waals surface area contributed by atoms with Crippen LogP contribution in [-0.2, 0) is 0 Å². The van der Waals surface area contributed by atoms with Crippen molar-refractivity contribution in [2.45, 2.75) is 0 Å². The number of nitrogens with one attached hydrogen (secondary N) is 1. The Bertz CT molecular complexity index is 450. The Labute approximate surface area is 79.9 Å². The largest absolute Gasteiger partial charge is 0.366 e. The normalized spacial score (nSPS) is 10.0. The maximum absolute atomic E-state index is 11.1. The third kappa shape index (κ3) is 1.35. The predicted octanol–water partition coefficient (Wildman–Crippen LogP) is 0.571. The molecule has 5 heteroatoms. The van der Waals surface area contributed by atoms with E-state index in [1.165, 1.54) is 0 Å². The van der Waals surface area contributed by atoms with Crippen molar-refractivity contribution in [3.05, 3.63) is 36.0 Å². The standard InChI is InChI=1S/C9H8N4O/c10-9(14)7-4-2-1-3-6(7)8-5-11-13-12-8/h1-5H,(H2,10,14)(H,11,12,13). The molecule has 0 fully saturated rings. The summed E-state index contributed by atoms with van der Waals surface area (Å²) in [5, 5.41) is 9.97. The van der Waals surface area contributed by atoms with Crippen molar-refractivity contribution < 1.29 is 4.79 Å². The maximum atomic E-state index is 11.1. The molecule has 0 radical (unpaired) electrons. The molecule has 70 valence electrons. The number of aromatic nitrogens is 3. The molecule has 0 spiro atoms. The lowest BCUT2D eigenvalue weighted by Crippen LogP contribution is -2.12. The van der Waals surface area contributed by atoms with Gasteiger partial charge in [0.05, 0.1) is 6.20 Å². The van der Waals surface area contributed by atoms with E-state index in [4.69, 9.17) is 5.73 Å². The van der Waals surface area contributed by atoms with Crippen LogP contribution in [0.5, 0.6) is 0 Å². The van der Waals surface area contributed by atoms with E-state index in [2.05, 4.69) is 15.4 Å². The molecule has 0 saturated carbocycles. The Morgan fingerprint density at radius 1 is 1.36 bits per heavy atom. The van der Waals surface area contributed by atoms with Gasteiger partial charge in [-0.3, -0.25) is 9.89 Å². The van der Waals surface area contributed by atoms with Crippen LogP contribution in [-0.4, -0.2) is 21.3 Å². The van der Waals surface area contributed by atoms with Gasteiger partial charge in [-0.25, -0.2) is 0 Å². The fraction of sp³-hybridized carbons (Fsp3) is 0. The van der Waals surface area contributed by atoms with Crippen LogP contribution in [0, 0.1) is 0 Å². The number of aromatic amines is 1. The van der Waals surface area contributed by atoms with Crippen molar-refractivity contribution in [3.8, 4) is 11.3 Å². The molecular weight excluding hydrogens is 180 g/mol. The second-order valence-electron chi connectivity index (χ2n) is 2.77. The fourth-order valence-corrected chi connectivity index (χ4v) is 1.25. The first-order valence-corrected chi connectivity index (χ1v) is 4.04. The topological polar surface area (TPSA) is 84.7 Å². The van der Waals surface area contributed by atoms with Gasteiger partial charge in [0.2, 0.25) is 5.91 Å². The fourth-order valence-electron chi connectivity index (χ4n) is 1.25. The van der Waals surface area contributed by atoms with Gasteiger partial charge in [-0.2, -0.15) is 0 Å². The second kappa shape index (κ2) is 3.29. The molecule has 0 bridgehead atoms. The summed E-state index contributed by atoms with van der Waals surface area (Å²) in [5.41, 5.74) is 6.97. The van der Waals surface area contributed by atoms with Crippen LogP contribution < -0.4 is 5.73 Å². The van der Waals surface area contributed by atoms with Crippen molar-refractivity contribution in [3.63, 3.8) is 0 Å². The van der Waals surface area contributed by atoms with Gasteiger partial charge >= 0.3 is 0 Å². The van der Waals surface area contributed by atoms with Crippen molar-refractivity contribution in [2.75, 3.05) is 0 Å². The molecule has 0 aliphatic carbocycles. The van der Waals surface area contributed by atoms with Crippen LogP contribution in [0.4, 0.5) is 0 Å². The van der Waals surface area contributed by atoms with Crippen LogP contribution >= 0.6 is 0 Å². The molecule has 0 saturated heterocycles. The zero-order chi connectivity index (χ0) is 9.97. The predicted molar refractivity (Wildman–Crippen MR) is 50.3 cm³/mol. The third-order valence-electron chi connectivity index (χ3n) is 1.89. The monoisotopic (exact) mass is 188 g/mol. The average Bonchev–Trinajstić information content (AvgIpc) is 2.70. The van der Waals surface area contributed by atoms with Gasteiger partial charge in [-0.15, -0.1) is 5.10 Å². The van der Waals surface area contributed by atoms with Crippen LogP contribution in [0.1, 0.15) is 10.4 Å². The zero-order valence-electron chi connectivity index (χ0n) is 7.27. The first-order chi connectivity index (χ1) is 6.79. The number of nitrogens with zero attached hydrogens (tertiary/aromatic N) is 2. The van der Waals surface area contributed by atoms with Crippen molar-refractivity contribution in [2.24, 2.45) is 5.73 Å². The van der Waals surface area contributed by atoms with E-state index in [0.717, 1.165) is 0 Å². The Morgan fingerprint density at radius 3 is 2.79 bits per heavy atom. The molecule has 2 rings (SSSR count). The number of benzene rings is 1. The molecule has 0 atom stereocenters. The average molecular weight is 188 g/mol. The van der Waals surface area contributed by atoms with Gasteiger partial charge in [0.1, 0.15) is 5.69 Å². The van der Waals surface area contributed by atoms with Crippen molar-refractivity contribution in [1.29, 1.82) is 0 Å². The van der Waals surface area contributed by atoms with E-state index in [-0.39, 0.29) is 0 Å². The maximum Gasteiger partial charge on any atom is 0.249 e. The lowest BCUT2D eigenvalue weighted by Gasteiger charge is -2.01. The lowest BCUT2D eigenvalue weighted by atomic mass is 10.1. The number of carbonyl (C=O) groups is 1. The molecule has 1 amide bonds. The second-order valence-corrected chi connectivity index (χ2v) is 2.77. The molecular formula is C9H8N4O. The van der Waals surface area contributed by atoms with Gasteiger partial charge in [-0.1, -0.05) is 23.4 Å². The van der Waals surface area contributed by atoms with Crippen LogP contribution in [0.2, 0.25) is 0 Å². The molecule has 3 N–H and O–H groups in total. The number of hydrogen-bond donors (Lipinski definition) is 2. The molecule has 2 aromatic rings. The molecule has 1 heterocycles. The van der Waals surface area contributed by atoms with E-state index in [1.807, 2.05) is 6.07 Å². The first kappa shape index (κ1) is 8.43. The Kier molecular flexibility index (Phi) is 1.98. The van der Waals surface area contributed by atoms with Crippen LogP contribution in [0.3, 0.4) is 0 Å². The minimum absolute atomic E-state index is 0.446. The molecule has 5 nitrogen and oxygen atoms in total. The number of H-pyrrole nitrogens is 1. The highest BCUT2D eigenvalue weighted by molar-refractivity contribution is 5.99. The number of nitrogens with two attached hydrogens (primary N) is 1. The van der Waals surface area contributed by atoms with E-state index in [9.17, 15) is 4.79 Å². The Morgan fingerprint density at radius 2 is 2.14 bits per heavy atom. The molecule has 0 aliphatic rings. The number of rotatable bonds is 2. The number of carbonyl (C=O) groups excluding carboxylic acids is 1. The Balaban J connectivity index is 2.58. The van der Waals surface area contributed by atoms with Crippen molar-refractivity contribution in [1.82, 2.24) is 15.4 Å². The third-order valence-corrected chi connectivity index (χ3v) is 1.89. The highest BCUT2D eigenvalue weighted by Gasteiger charge is 2.10. The minimum Gasteiger partial charge on any atom is -0.366 e. The summed E-state index contributed by atoms with van der Waals surface area (Å²) in [5.74, 6) is -0.469. The van der Waals surface area contributed by atoms with Crippen molar-refractivity contribution >= 4 is 5.91 Å². The highest BCUT2D eigenvalue weighted by Crippen LogP contribution is 2.19. The molecule has 1 aromatic heterocycles. The molecule has 0 aliphatic heterocycles. The smallest absolute Gasteiger partial charge is 0.249 e. The molecule has 1 aromatic carbocycles. The quantitative estimate of drug-likeness (QED) is 0.722. The Hall–Kier alpha value is -2.17. The summed E-state index contributed by atoms with van der Waals surface area (Å²) in [6, 6.07) is 7.00. The minimum atomic E-state index is -0.469. The summed E-state index contributed by atoms with van der Waals surface area (Å²) in [4.78, 5) is 11.1. The SMILES string of the molecule is NC(=O)c1ccccc1-c1c[nH]nn1. The summed E-state index contributed by atoms with van der Waals surface area (Å²) < 4.78 is 0. The number of hydrogen-bond acceptors (Lipinski definition) is 3. The van der Waals surface area contributed by atoms with Gasteiger partial charge in [0.25, 0.3) is 0 Å². The summed E-state index contributed by atoms with van der Waals surface area (Å²) >= 11 is 0. The van der Waals surface area contributed by atoms with Gasteiger partial charge in [0, 0.05) is 11.1 Å². The number of primary amides is 1. The summed E-state index contributed by atoms with van der Waals surface area (Å²) in [6.07, 6.45) is 1.61. The van der Waals surface area contributed by atoms with Crippen LogP contribution in [0.25, 0.3) is 11.3 Å². The van der Waals surface area contributed by atoms with Gasteiger partial charge in [-0.05, 0) is 6.07 Å². The van der Waals surface area contributed by atoms with E-state index in [1.54, 1.807) is 24.4 Å². The molecule has 14 heavy (non-hydrogen) atoms. The van der Waals surface area contributed by atoms with E-state index < -0.39 is 5.91 Å². The first-order valence-electron chi connectivity index (χ1n) is 4.04. The number of amides is 1. The van der Waals surface area contributed by atoms with E-state index in [0.29, 0.717) is 16.8 Å². The van der Waals surface area contributed by atoms with Gasteiger partial charge in [0.15, 0.2) is 0 Å². The lowest BCUT2D eigenvalue weighted by molar-refractivity contribution is 0.100. The molecule has 0 unspecified atom stereocenters. The van der Waals surface area contributed by atoms with Crippen LogP contribution in [0.15, 0.2) is 30.5 Å².